The number of hydrogen-bond acceptors (Lipinski definition) is 4. The third kappa shape index (κ3) is 4.35. The van der Waals surface area contributed by atoms with Crippen LogP contribution in [0.4, 0.5) is 0 Å². The number of ether oxygens (including phenoxy) is 2. The fraction of sp³-hybridized carbons (Fsp3) is 0.647. The highest BCUT2D eigenvalue weighted by Gasteiger charge is 2.32. The zero-order valence-electron chi connectivity index (χ0n) is 13.3. The van der Waals surface area contributed by atoms with Crippen LogP contribution in [0.1, 0.15) is 45.1 Å². The van der Waals surface area contributed by atoms with Crippen molar-refractivity contribution in [3.8, 4) is 11.5 Å². The predicted octanol–water partition coefficient (Wildman–Crippen LogP) is 2.88. The van der Waals surface area contributed by atoms with Crippen LogP contribution in [0.15, 0.2) is 18.2 Å². The Morgan fingerprint density at radius 1 is 1.29 bits per heavy atom. The molecule has 2 rings (SSSR count). The number of methoxy groups -OCH3 is 1. The van der Waals surface area contributed by atoms with E-state index in [1.807, 2.05) is 18.2 Å². The number of aliphatic hydroxyl groups is 1. The lowest BCUT2D eigenvalue weighted by atomic mass is 10.0. The molecule has 1 saturated carbocycles. The second kappa shape index (κ2) is 7.14. The Kier molecular flexibility index (Phi) is 5.48. The number of benzene rings is 1. The molecule has 1 aliphatic carbocycles. The van der Waals surface area contributed by atoms with Crippen molar-refractivity contribution < 1.29 is 14.6 Å². The summed E-state index contributed by atoms with van der Waals surface area (Å²) in [5, 5.41) is 13.8. The van der Waals surface area contributed by atoms with E-state index in [-0.39, 0.29) is 0 Å². The maximum absolute atomic E-state index is 10.4. The van der Waals surface area contributed by atoms with E-state index in [4.69, 9.17) is 9.47 Å². The van der Waals surface area contributed by atoms with Crippen LogP contribution in [0.25, 0.3) is 0 Å². The Balaban J connectivity index is 2.10. The van der Waals surface area contributed by atoms with Crippen molar-refractivity contribution in [3.63, 3.8) is 0 Å². The Labute approximate surface area is 127 Å². The molecule has 1 fully saturated rings. The summed E-state index contributed by atoms with van der Waals surface area (Å²) in [6.07, 6.45) is 3.80. The summed E-state index contributed by atoms with van der Waals surface area (Å²) < 4.78 is 11.4. The first-order valence-corrected chi connectivity index (χ1v) is 7.78. The summed E-state index contributed by atoms with van der Waals surface area (Å²) in [7, 11) is 1.64. The zero-order valence-corrected chi connectivity index (χ0v) is 13.3. The zero-order chi connectivity index (χ0) is 15.3. The van der Waals surface area contributed by atoms with Gasteiger partial charge in [-0.3, -0.25) is 0 Å². The molecule has 0 saturated heterocycles. The molecule has 1 aromatic carbocycles. The molecular formula is C17H27NO3. The topological polar surface area (TPSA) is 50.7 Å². The lowest BCUT2D eigenvalue weighted by Crippen LogP contribution is -2.32. The Hall–Kier alpha value is -1.26. The largest absolute Gasteiger partial charge is 0.493 e. The molecule has 0 aromatic heterocycles. The van der Waals surface area contributed by atoms with Gasteiger partial charge in [-0.1, -0.05) is 38.8 Å². The molecule has 21 heavy (non-hydrogen) atoms. The molecule has 2 N–H and O–H groups in total. The fourth-order valence-corrected chi connectivity index (χ4v) is 2.72. The van der Waals surface area contributed by atoms with Gasteiger partial charge in [-0.2, -0.15) is 0 Å². The maximum Gasteiger partial charge on any atom is 0.165 e. The van der Waals surface area contributed by atoms with Gasteiger partial charge in [0.2, 0.25) is 0 Å². The Morgan fingerprint density at radius 2 is 2.00 bits per heavy atom. The SMILES string of the molecule is COc1cccc(CNC(C)C)c1OCC1(O)CCCC1. The minimum atomic E-state index is -0.677. The standard InChI is InChI=1S/C17H27NO3/c1-13(2)18-11-14-7-6-8-15(20-3)16(14)21-12-17(19)9-4-5-10-17/h6-8,13,18-19H,4-5,9-12H2,1-3H3. The van der Waals surface area contributed by atoms with Crippen molar-refractivity contribution in [3.05, 3.63) is 23.8 Å². The summed E-state index contributed by atoms with van der Waals surface area (Å²) in [5.74, 6) is 1.47. The number of nitrogens with one attached hydrogen (secondary N) is 1. The van der Waals surface area contributed by atoms with Crippen molar-refractivity contribution in [2.45, 2.75) is 57.7 Å². The molecule has 0 heterocycles. The van der Waals surface area contributed by atoms with Gasteiger partial charge in [-0.25, -0.2) is 0 Å². The summed E-state index contributed by atoms with van der Waals surface area (Å²) in [6, 6.07) is 6.30. The van der Waals surface area contributed by atoms with Crippen molar-refractivity contribution >= 4 is 0 Å². The molecule has 0 aliphatic heterocycles. The van der Waals surface area contributed by atoms with Gasteiger partial charge < -0.3 is 19.9 Å². The van der Waals surface area contributed by atoms with Crippen molar-refractivity contribution in [2.24, 2.45) is 0 Å². The molecule has 4 nitrogen and oxygen atoms in total. The van der Waals surface area contributed by atoms with Crippen molar-refractivity contribution in [1.82, 2.24) is 5.32 Å². The van der Waals surface area contributed by atoms with E-state index in [1.54, 1.807) is 7.11 Å². The first-order valence-electron chi connectivity index (χ1n) is 7.78. The van der Waals surface area contributed by atoms with Crippen molar-refractivity contribution in [1.29, 1.82) is 0 Å². The van der Waals surface area contributed by atoms with Gasteiger partial charge in [0.1, 0.15) is 6.61 Å². The lowest BCUT2D eigenvalue weighted by molar-refractivity contribution is 0.000416. The maximum atomic E-state index is 10.4. The normalized spacial score (nSPS) is 17.2. The molecule has 0 amide bonds. The summed E-state index contributed by atoms with van der Waals surface area (Å²) in [4.78, 5) is 0. The molecule has 4 heteroatoms. The van der Waals surface area contributed by atoms with E-state index in [0.717, 1.165) is 49.3 Å². The van der Waals surface area contributed by atoms with Gasteiger partial charge in [-0.05, 0) is 18.9 Å². The molecular weight excluding hydrogens is 266 g/mol. The highest BCUT2D eigenvalue weighted by molar-refractivity contribution is 5.46. The van der Waals surface area contributed by atoms with Crippen LogP contribution in [0.2, 0.25) is 0 Å². The van der Waals surface area contributed by atoms with Crippen LogP contribution in [-0.4, -0.2) is 30.5 Å². The van der Waals surface area contributed by atoms with Crippen LogP contribution in [0, 0.1) is 0 Å². The number of hydrogen-bond donors (Lipinski definition) is 2. The molecule has 0 bridgehead atoms. The van der Waals surface area contributed by atoms with Gasteiger partial charge in [0, 0.05) is 18.2 Å². The fourth-order valence-electron chi connectivity index (χ4n) is 2.72. The van der Waals surface area contributed by atoms with Gasteiger partial charge >= 0.3 is 0 Å². The average molecular weight is 293 g/mol. The predicted molar refractivity (Wildman–Crippen MR) is 83.9 cm³/mol. The third-order valence-electron chi connectivity index (χ3n) is 4.00. The van der Waals surface area contributed by atoms with Crippen LogP contribution < -0.4 is 14.8 Å². The number of rotatable bonds is 7. The van der Waals surface area contributed by atoms with Crippen LogP contribution >= 0.6 is 0 Å². The van der Waals surface area contributed by atoms with Gasteiger partial charge in [0.05, 0.1) is 12.7 Å². The minimum absolute atomic E-state index is 0.335. The van der Waals surface area contributed by atoms with E-state index >= 15 is 0 Å². The molecule has 0 unspecified atom stereocenters. The summed E-state index contributed by atoms with van der Waals surface area (Å²) >= 11 is 0. The Bertz CT molecular complexity index is 453. The molecule has 0 spiro atoms. The highest BCUT2D eigenvalue weighted by atomic mass is 16.5. The quantitative estimate of drug-likeness (QED) is 0.811. The van der Waals surface area contributed by atoms with Gasteiger partial charge in [0.25, 0.3) is 0 Å². The molecule has 118 valence electrons. The first-order chi connectivity index (χ1) is 10.0. The molecule has 1 aromatic rings. The van der Waals surface area contributed by atoms with Crippen LogP contribution in [0.5, 0.6) is 11.5 Å². The third-order valence-corrected chi connectivity index (χ3v) is 4.00. The second-order valence-corrected chi connectivity index (χ2v) is 6.20. The van der Waals surface area contributed by atoms with Crippen molar-refractivity contribution in [2.75, 3.05) is 13.7 Å². The monoisotopic (exact) mass is 293 g/mol. The van der Waals surface area contributed by atoms with Crippen LogP contribution in [0.3, 0.4) is 0 Å². The lowest BCUT2D eigenvalue weighted by Gasteiger charge is -2.24. The minimum Gasteiger partial charge on any atom is -0.493 e. The highest BCUT2D eigenvalue weighted by Crippen LogP contribution is 2.35. The first kappa shape index (κ1) is 16.1. The average Bonchev–Trinajstić information content (AvgIpc) is 2.90. The van der Waals surface area contributed by atoms with E-state index in [0.29, 0.717) is 12.6 Å². The molecule has 1 aliphatic rings. The summed E-state index contributed by atoms with van der Waals surface area (Å²) in [5.41, 5.74) is 0.383. The molecule has 0 radical (unpaired) electrons. The van der Waals surface area contributed by atoms with E-state index in [1.165, 1.54) is 0 Å². The second-order valence-electron chi connectivity index (χ2n) is 6.20. The van der Waals surface area contributed by atoms with Gasteiger partial charge in [-0.15, -0.1) is 0 Å². The van der Waals surface area contributed by atoms with E-state index in [2.05, 4.69) is 19.2 Å². The smallest absolute Gasteiger partial charge is 0.165 e. The Morgan fingerprint density at radius 3 is 2.62 bits per heavy atom. The summed E-state index contributed by atoms with van der Waals surface area (Å²) in [6.45, 7) is 5.29. The van der Waals surface area contributed by atoms with E-state index < -0.39 is 5.60 Å². The van der Waals surface area contributed by atoms with E-state index in [9.17, 15) is 5.11 Å². The number of para-hydroxylation sites is 1. The van der Waals surface area contributed by atoms with Gasteiger partial charge in [0.15, 0.2) is 11.5 Å². The molecule has 0 atom stereocenters. The van der Waals surface area contributed by atoms with Crippen LogP contribution in [-0.2, 0) is 6.54 Å².